The maximum Gasteiger partial charge on any atom is 0.244 e. The van der Waals surface area contributed by atoms with Gasteiger partial charge in [-0.2, -0.15) is 4.98 Å². The van der Waals surface area contributed by atoms with E-state index in [1.807, 2.05) is 13.8 Å². The van der Waals surface area contributed by atoms with Crippen molar-refractivity contribution in [2.24, 2.45) is 11.8 Å². The molecular formula is C15H25N3O2. The lowest BCUT2D eigenvalue weighted by Gasteiger charge is -2.24. The normalized spacial score (nSPS) is 32.2. The van der Waals surface area contributed by atoms with Crippen LogP contribution >= 0.6 is 0 Å². The van der Waals surface area contributed by atoms with E-state index in [2.05, 4.69) is 22.4 Å². The first kappa shape index (κ1) is 14.0. The second-order valence-corrected chi connectivity index (χ2v) is 6.21. The summed E-state index contributed by atoms with van der Waals surface area (Å²) in [4.78, 5) is 4.65. The van der Waals surface area contributed by atoms with E-state index >= 15 is 0 Å². The third kappa shape index (κ3) is 2.27. The first-order valence-electron chi connectivity index (χ1n) is 7.89. The van der Waals surface area contributed by atoms with Crippen molar-refractivity contribution in [2.75, 3.05) is 13.2 Å². The highest BCUT2D eigenvalue weighted by molar-refractivity contribution is 5.06. The molecule has 4 unspecified atom stereocenters. The van der Waals surface area contributed by atoms with E-state index in [0.717, 1.165) is 24.8 Å². The summed E-state index contributed by atoms with van der Waals surface area (Å²) < 4.78 is 11.4. The van der Waals surface area contributed by atoms with Crippen LogP contribution in [0.3, 0.4) is 0 Å². The molecule has 1 aromatic rings. The van der Waals surface area contributed by atoms with Gasteiger partial charge in [-0.25, -0.2) is 0 Å². The summed E-state index contributed by atoms with van der Waals surface area (Å²) in [6, 6.07) is 0.242. The average Bonchev–Trinajstić information content (AvgIpc) is 3.14. The molecule has 1 aliphatic heterocycles. The van der Waals surface area contributed by atoms with Gasteiger partial charge in [-0.05, 0) is 51.5 Å². The van der Waals surface area contributed by atoms with E-state index in [-0.39, 0.29) is 6.04 Å². The van der Waals surface area contributed by atoms with Crippen molar-refractivity contribution in [1.82, 2.24) is 15.5 Å². The van der Waals surface area contributed by atoms with E-state index in [0.29, 0.717) is 18.3 Å². The van der Waals surface area contributed by atoms with Crippen LogP contribution in [0.25, 0.3) is 0 Å². The van der Waals surface area contributed by atoms with Gasteiger partial charge in [0, 0.05) is 6.61 Å². The first-order chi connectivity index (χ1) is 9.68. The summed E-state index contributed by atoms with van der Waals surface area (Å²) in [5.41, 5.74) is -0.440. The van der Waals surface area contributed by atoms with E-state index in [1.165, 1.54) is 19.3 Å². The zero-order valence-electron chi connectivity index (χ0n) is 12.7. The number of fused-ring (bicyclic) bond motifs is 1. The van der Waals surface area contributed by atoms with E-state index in [1.54, 1.807) is 0 Å². The molecule has 20 heavy (non-hydrogen) atoms. The molecule has 0 bridgehead atoms. The summed E-state index contributed by atoms with van der Waals surface area (Å²) in [6.45, 7) is 7.86. The molecule has 5 heteroatoms. The quantitative estimate of drug-likeness (QED) is 0.898. The molecular weight excluding hydrogens is 254 g/mol. The zero-order valence-corrected chi connectivity index (χ0v) is 12.7. The monoisotopic (exact) mass is 279 g/mol. The number of nitrogens with one attached hydrogen (secondary N) is 1. The van der Waals surface area contributed by atoms with Crippen LogP contribution < -0.4 is 5.32 Å². The molecule has 1 N–H and O–H groups in total. The fourth-order valence-corrected chi connectivity index (χ4v) is 3.68. The van der Waals surface area contributed by atoms with Crippen molar-refractivity contribution in [3.63, 3.8) is 0 Å². The molecule has 0 aromatic carbocycles. The van der Waals surface area contributed by atoms with Crippen LogP contribution in [0.15, 0.2) is 4.52 Å². The Morgan fingerprint density at radius 3 is 3.00 bits per heavy atom. The molecule has 5 nitrogen and oxygen atoms in total. The second kappa shape index (κ2) is 5.45. The second-order valence-electron chi connectivity index (χ2n) is 6.21. The van der Waals surface area contributed by atoms with E-state index in [4.69, 9.17) is 9.26 Å². The number of hydrogen-bond acceptors (Lipinski definition) is 5. The summed E-state index contributed by atoms with van der Waals surface area (Å²) in [6.07, 6.45) is 4.78. The molecule has 2 aliphatic rings. The molecule has 4 atom stereocenters. The summed E-state index contributed by atoms with van der Waals surface area (Å²) in [5, 5.41) is 7.74. The lowest BCUT2D eigenvalue weighted by atomic mass is 9.94. The highest BCUT2D eigenvalue weighted by Crippen LogP contribution is 2.44. The third-order valence-electron chi connectivity index (χ3n) is 5.06. The van der Waals surface area contributed by atoms with Gasteiger partial charge in [0.2, 0.25) is 11.7 Å². The number of ether oxygens (including phenoxy) is 1. The largest absolute Gasteiger partial charge is 0.367 e. The van der Waals surface area contributed by atoms with Crippen LogP contribution in [0.1, 0.15) is 64.2 Å². The van der Waals surface area contributed by atoms with Gasteiger partial charge in [-0.3, -0.25) is 0 Å². The molecule has 2 heterocycles. The molecule has 0 amide bonds. The highest BCUT2D eigenvalue weighted by atomic mass is 16.5. The Kier molecular flexibility index (Phi) is 3.82. The zero-order chi connectivity index (χ0) is 14.2. The number of aromatic nitrogens is 2. The van der Waals surface area contributed by atoms with Crippen LogP contribution in [-0.2, 0) is 10.3 Å². The standard InChI is InChI=1S/C15H25N3O2/c1-4-15(3,19-5-2)14-17-13(20-18-14)12-11-8-6-7-10(11)9-16-12/h10-12,16H,4-9H2,1-3H3. The molecule has 3 rings (SSSR count). The van der Waals surface area contributed by atoms with Gasteiger partial charge in [0.15, 0.2) is 0 Å². The average molecular weight is 279 g/mol. The van der Waals surface area contributed by atoms with Gasteiger partial charge in [0.05, 0.1) is 6.04 Å². The van der Waals surface area contributed by atoms with Crippen molar-refractivity contribution < 1.29 is 9.26 Å². The highest BCUT2D eigenvalue weighted by Gasteiger charge is 2.43. The Balaban J connectivity index is 1.80. The first-order valence-corrected chi connectivity index (χ1v) is 7.89. The Bertz CT molecular complexity index is 462. The number of rotatable bonds is 5. The maximum absolute atomic E-state index is 5.82. The number of hydrogen-bond donors (Lipinski definition) is 1. The lowest BCUT2D eigenvalue weighted by Crippen LogP contribution is -2.27. The fraction of sp³-hybridized carbons (Fsp3) is 0.867. The van der Waals surface area contributed by atoms with Crippen molar-refractivity contribution in [3.8, 4) is 0 Å². The SMILES string of the molecule is CCOC(C)(CC)c1noc(C2NCC3CCCC32)n1. The van der Waals surface area contributed by atoms with Gasteiger partial charge in [0.25, 0.3) is 0 Å². The smallest absolute Gasteiger partial charge is 0.244 e. The lowest BCUT2D eigenvalue weighted by molar-refractivity contribution is -0.0403. The molecule has 1 saturated carbocycles. The Morgan fingerprint density at radius 2 is 2.25 bits per heavy atom. The van der Waals surface area contributed by atoms with Crippen LogP contribution in [0.5, 0.6) is 0 Å². The van der Waals surface area contributed by atoms with Crippen LogP contribution in [0.4, 0.5) is 0 Å². The van der Waals surface area contributed by atoms with Crippen molar-refractivity contribution in [3.05, 3.63) is 11.7 Å². The van der Waals surface area contributed by atoms with Crippen LogP contribution in [0, 0.1) is 11.8 Å². The minimum Gasteiger partial charge on any atom is -0.367 e. The summed E-state index contributed by atoms with van der Waals surface area (Å²) in [5.74, 6) is 2.89. The summed E-state index contributed by atoms with van der Waals surface area (Å²) >= 11 is 0. The summed E-state index contributed by atoms with van der Waals surface area (Å²) in [7, 11) is 0. The molecule has 1 aromatic heterocycles. The predicted molar refractivity (Wildman–Crippen MR) is 75.1 cm³/mol. The Morgan fingerprint density at radius 1 is 1.40 bits per heavy atom. The molecule has 2 fully saturated rings. The van der Waals surface area contributed by atoms with Gasteiger partial charge in [0.1, 0.15) is 5.60 Å². The molecule has 0 radical (unpaired) electrons. The van der Waals surface area contributed by atoms with Gasteiger partial charge in [-0.15, -0.1) is 0 Å². The van der Waals surface area contributed by atoms with Crippen molar-refractivity contribution >= 4 is 0 Å². The Labute approximate surface area is 120 Å². The van der Waals surface area contributed by atoms with Gasteiger partial charge >= 0.3 is 0 Å². The molecule has 1 aliphatic carbocycles. The predicted octanol–water partition coefficient (Wildman–Crippen LogP) is 2.79. The van der Waals surface area contributed by atoms with E-state index < -0.39 is 5.60 Å². The topological polar surface area (TPSA) is 60.2 Å². The third-order valence-corrected chi connectivity index (χ3v) is 5.06. The number of nitrogens with zero attached hydrogens (tertiary/aromatic N) is 2. The van der Waals surface area contributed by atoms with Crippen LogP contribution in [0.2, 0.25) is 0 Å². The fourth-order valence-electron chi connectivity index (χ4n) is 3.68. The molecule has 1 saturated heterocycles. The van der Waals surface area contributed by atoms with Crippen molar-refractivity contribution in [1.29, 1.82) is 0 Å². The van der Waals surface area contributed by atoms with Crippen molar-refractivity contribution in [2.45, 2.75) is 58.1 Å². The van der Waals surface area contributed by atoms with E-state index in [9.17, 15) is 0 Å². The maximum atomic E-state index is 5.82. The molecule has 112 valence electrons. The van der Waals surface area contributed by atoms with Gasteiger partial charge in [-0.1, -0.05) is 18.5 Å². The van der Waals surface area contributed by atoms with Crippen LogP contribution in [-0.4, -0.2) is 23.3 Å². The van der Waals surface area contributed by atoms with Gasteiger partial charge < -0.3 is 14.6 Å². The minimum atomic E-state index is -0.440. The minimum absolute atomic E-state index is 0.242. The molecule has 0 spiro atoms. The Hall–Kier alpha value is -0.940.